The van der Waals surface area contributed by atoms with Gasteiger partial charge < -0.3 is 10.2 Å². The number of anilines is 1. The highest BCUT2D eigenvalue weighted by Gasteiger charge is 2.35. The van der Waals surface area contributed by atoms with Gasteiger partial charge in [-0.05, 0) is 30.9 Å². The van der Waals surface area contributed by atoms with Crippen molar-refractivity contribution < 1.29 is 0 Å². The van der Waals surface area contributed by atoms with Gasteiger partial charge in [-0.3, -0.25) is 0 Å². The maximum atomic E-state index is 4.21. The maximum absolute atomic E-state index is 4.21. The number of hydrogen-bond donors (Lipinski definition) is 1. The van der Waals surface area contributed by atoms with Gasteiger partial charge in [-0.1, -0.05) is 0 Å². The highest BCUT2D eigenvalue weighted by atomic mass is 15.3. The molecule has 2 saturated heterocycles. The minimum atomic E-state index is 0.635. The number of rotatable bonds is 1. The summed E-state index contributed by atoms with van der Waals surface area (Å²) < 4.78 is 0. The molecule has 0 bridgehead atoms. The van der Waals surface area contributed by atoms with E-state index in [0.717, 1.165) is 24.8 Å². The van der Waals surface area contributed by atoms with Crippen molar-refractivity contribution in [3.8, 4) is 0 Å². The van der Waals surface area contributed by atoms with Gasteiger partial charge in [0.2, 0.25) is 0 Å². The molecule has 0 aliphatic carbocycles. The highest BCUT2D eigenvalue weighted by molar-refractivity contribution is 5.39. The molecule has 1 aromatic rings. The number of fused-ring (bicyclic) bond motifs is 1. The van der Waals surface area contributed by atoms with E-state index < -0.39 is 0 Å². The van der Waals surface area contributed by atoms with Crippen LogP contribution in [0, 0.1) is 5.92 Å². The lowest BCUT2D eigenvalue weighted by Crippen LogP contribution is -2.45. The normalized spacial score (nSPS) is 30.3. The zero-order valence-corrected chi connectivity index (χ0v) is 8.76. The summed E-state index contributed by atoms with van der Waals surface area (Å²) in [5.41, 5.74) is 0. The Morgan fingerprint density at radius 3 is 3.27 bits per heavy atom. The zero-order chi connectivity index (χ0) is 10.1. The van der Waals surface area contributed by atoms with Gasteiger partial charge >= 0.3 is 0 Å². The van der Waals surface area contributed by atoms with Gasteiger partial charge in [-0.25, -0.2) is 0 Å². The van der Waals surface area contributed by atoms with Crippen LogP contribution < -0.4 is 10.2 Å². The van der Waals surface area contributed by atoms with Crippen LogP contribution in [0.5, 0.6) is 0 Å². The topological polar surface area (TPSA) is 41.1 Å². The maximum Gasteiger partial charge on any atom is 0.151 e. The third-order valence-corrected chi connectivity index (χ3v) is 3.53. The molecule has 80 valence electrons. The van der Waals surface area contributed by atoms with E-state index in [9.17, 15) is 0 Å². The fourth-order valence-corrected chi connectivity index (χ4v) is 2.80. The lowest BCUT2D eigenvalue weighted by Gasteiger charge is -2.37. The molecule has 0 spiro atoms. The van der Waals surface area contributed by atoms with Crippen molar-refractivity contribution in [2.45, 2.75) is 18.9 Å². The van der Waals surface area contributed by atoms with Crippen LogP contribution in [0.15, 0.2) is 18.3 Å². The molecule has 0 radical (unpaired) electrons. The van der Waals surface area contributed by atoms with Crippen molar-refractivity contribution in [1.82, 2.24) is 15.5 Å². The van der Waals surface area contributed by atoms with E-state index in [1.807, 2.05) is 6.07 Å². The molecule has 2 fully saturated rings. The molecule has 2 aliphatic heterocycles. The largest absolute Gasteiger partial charge is 0.351 e. The fraction of sp³-hybridized carbons (Fsp3) is 0.636. The summed E-state index contributed by atoms with van der Waals surface area (Å²) in [7, 11) is 0. The third-order valence-electron chi connectivity index (χ3n) is 3.53. The number of nitrogens with zero attached hydrogens (tertiary/aromatic N) is 3. The first-order chi connectivity index (χ1) is 7.45. The Morgan fingerprint density at radius 1 is 1.40 bits per heavy atom. The quantitative estimate of drug-likeness (QED) is 0.730. The third kappa shape index (κ3) is 1.59. The molecule has 0 aromatic carbocycles. The van der Waals surface area contributed by atoms with Crippen molar-refractivity contribution in [1.29, 1.82) is 0 Å². The highest BCUT2D eigenvalue weighted by Crippen LogP contribution is 2.29. The second-order valence-electron chi connectivity index (χ2n) is 4.40. The van der Waals surface area contributed by atoms with E-state index in [4.69, 9.17) is 0 Å². The summed E-state index contributed by atoms with van der Waals surface area (Å²) in [5, 5.41) is 11.6. The van der Waals surface area contributed by atoms with Gasteiger partial charge in [0, 0.05) is 31.9 Å². The molecular formula is C11H16N4. The molecule has 0 amide bonds. The van der Waals surface area contributed by atoms with E-state index in [2.05, 4.69) is 26.5 Å². The second kappa shape index (κ2) is 3.77. The number of hydrogen-bond acceptors (Lipinski definition) is 4. The molecular weight excluding hydrogens is 188 g/mol. The van der Waals surface area contributed by atoms with Crippen molar-refractivity contribution in [3.05, 3.63) is 18.3 Å². The molecule has 4 nitrogen and oxygen atoms in total. The summed E-state index contributed by atoms with van der Waals surface area (Å²) in [6.45, 7) is 3.39. The molecule has 4 heteroatoms. The van der Waals surface area contributed by atoms with Crippen LogP contribution >= 0.6 is 0 Å². The number of piperidine rings is 1. The van der Waals surface area contributed by atoms with E-state index in [1.165, 1.54) is 19.4 Å². The SMILES string of the molecule is c1cnnc(N2CCCC3CNCC32)c1. The van der Waals surface area contributed by atoms with Crippen molar-refractivity contribution >= 4 is 5.82 Å². The lowest BCUT2D eigenvalue weighted by atomic mass is 9.92. The van der Waals surface area contributed by atoms with Gasteiger partial charge in [0.1, 0.15) is 0 Å². The molecule has 3 heterocycles. The Labute approximate surface area is 89.7 Å². The molecule has 0 saturated carbocycles. The fourth-order valence-electron chi connectivity index (χ4n) is 2.80. The first-order valence-corrected chi connectivity index (χ1v) is 5.70. The van der Waals surface area contributed by atoms with Gasteiger partial charge in [-0.2, -0.15) is 5.10 Å². The zero-order valence-electron chi connectivity index (χ0n) is 8.76. The Kier molecular flexibility index (Phi) is 2.29. The standard InChI is InChI=1S/C11H16N4/c1-4-11(14-13-5-1)15-6-2-3-9-7-12-8-10(9)15/h1,4-5,9-10,12H,2-3,6-8H2. The summed E-state index contributed by atoms with van der Waals surface area (Å²) in [6, 6.07) is 4.66. The Balaban J connectivity index is 1.85. The molecule has 2 unspecified atom stereocenters. The average Bonchev–Trinajstić information content (AvgIpc) is 2.78. The van der Waals surface area contributed by atoms with E-state index in [1.54, 1.807) is 6.20 Å². The molecule has 3 rings (SSSR count). The summed E-state index contributed by atoms with van der Waals surface area (Å²) >= 11 is 0. The first kappa shape index (κ1) is 9.09. The lowest BCUT2D eigenvalue weighted by molar-refractivity contribution is 0.382. The van der Waals surface area contributed by atoms with Gasteiger partial charge in [0.15, 0.2) is 5.82 Å². The van der Waals surface area contributed by atoms with E-state index >= 15 is 0 Å². The molecule has 1 N–H and O–H groups in total. The van der Waals surface area contributed by atoms with E-state index in [-0.39, 0.29) is 0 Å². The van der Waals surface area contributed by atoms with Crippen LogP contribution in [0.3, 0.4) is 0 Å². The van der Waals surface area contributed by atoms with Crippen LogP contribution in [0.4, 0.5) is 5.82 Å². The molecule has 15 heavy (non-hydrogen) atoms. The van der Waals surface area contributed by atoms with E-state index in [0.29, 0.717) is 6.04 Å². The molecule has 2 aliphatic rings. The summed E-state index contributed by atoms with van der Waals surface area (Å²) in [6.07, 6.45) is 4.37. The molecule has 1 aromatic heterocycles. The Bertz CT molecular complexity index is 327. The minimum absolute atomic E-state index is 0.635. The first-order valence-electron chi connectivity index (χ1n) is 5.70. The van der Waals surface area contributed by atoms with Crippen LogP contribution in [-0.4, -0.2) is 35.9 Å². The summed E-state index contributed by atoms with van der Waals surface area (Å²) in [4.78, 5) is 2.42. The van der Waals surface area contributed by atoms with Gasteiger partial charge in [0.25, 0.3) is 0 Å². The van der Waals surface area contributed by atoms with Crippen LogP contribution in [0.1, 0.15) is 12.8 Å². The monoisotopic (exact) mass is 204 g/mol. The van der Waals surface area contributed by atoms with Crippen molar-refractivity contribution in [2.24, 2.45) is 5.92 Å². The van der Waals surface area contributed by atoms with Crippen LogP contribution in [0.25, 0.3) is 0 Å². The smallest absolute Gasteiger partial charge is 0.151 e. The van der Waals surface area contributed by atoms with Crippen molar-refractivity contribution in [2.75, 3.05) is 24.5 Å². The van der Waals surface area contributed by atoms with Gasteiger partial charge in [-0.15, -0.1) is 5.10 Å². The van der Waals surface area contributed by atoms with Crippen LogP contribution in [-0.2, 0) is 0 Å². The Morgan fingerprint density at radius 2 is 2.40 bits per heavy atom. The Hall–Kier alpha value is -1.16. The van der Waals surface area contributed by atoms with Crippen molar-refractivity contribution in [3.63, 3.8) is 0 Å². The second-order valence-corrected chi connectivity index (χ2v) is 4.40. The average molecular weight is 204 g/mol. The van der Waals surface area contributed by atoms with Crippen LogP contribution in [0.2, 0.25) is 0 Å². The predicted molar refractivity (Wildman–Crippen MR) is 58.8 cm³/mol. The number of aromatic nitrogens is 2. The predicted octanol–water partition coefficient (Wildman–Crippen LogP) is 0.665. The van der Waals surface area contributed by atoms with Gasteiger partial charge in [0.05, 0.1) is 0 Å². The molecule has 2 atom stereocenters. The number of nitrogens with one attached hydrogen (secondary N) is 1. The summed E-state index contributed by atoms with van der Waals surface area (Å²) in [5.74, 6) is 1.84. The minimum Gasteiger partial charge on any atom is -0.351 e.